The Morgan fingerprint density at radius 3 is 2.53 bits per heavy atom. The molecular weight excluding hydrogens is 276 g/mol. The van der Waals surface area contributed by atoms with Crippen LogP contribution in [-0.2, 0) is 6.54 Å². The van der Waals surface area contributed by atoms with Crippen molar-refractivity contribution in [1.82, 2.24) is 10.2 Å². The van der Waals surface area contributed by atoms with Crippen molar-refractivity contribution in [2.75, 3.05) is 26.7 Å². The first-order valence-electron chi connectivity index (χ1n) is 6.25. The summed E-state index contributed by atoms with van der Waals surface area (Å²) >= 11 is 3.46. The number of hydrogen-bond donors (Lipinski definition) is 1. The van der Waals surface area contributed by atoms with Crippen LogP contribution in [0.1, 0.15) is 19.4 Å². The Bertz CT molecular complexity index is 311. The minimum atomic E-state index is 0.690. The molecule has 1 N–H and O–H groups in total. The molecule has 0 aliphatic rings. The van der Waals surface area contributed by atoms with Crippen molar-refractivity contribution in [1.29, 1.82) is 0 Å². The molecule has 0 saturated carbocycles. The lowest BCUT2D eigenvalue weighted by Crippen LogP contribution is -2.30. The fourth-order valence-electron chi connectivity index (χ4n) is 1.95. The Hall–Kier alpha value is -0.380. The van der Waals surface area contributed by atoms with Crippen LogP contribution in [0.25, 0.3) is 0 Å². The molecule has 0 bridgehead atoms. The van der Waals surface area contributed by atoms with Crippen molar-refractivity contribution >= 4 is 15.9 Å². The zero-order valence-corrected chi connectivity index (χ0v) is 12.6. The summed E-state index contributed by atoms with van der Waals surface area (Å²) in [6, 6.07) is 8.56. The zero-order chi connectivity index (χ0) is 12.7. The van der Waals surface area contributed by atoms with Gasteiger partial charge in [0.15, 0.2) is 0 Å². The van der Waals surface area contributed by atoms with E-state index in [4.69, 9.17) is 0 Å². The smallest absolute Gasteiger partial charge is 0.0230 e. The standard InChI is InChI=1S/C14H23BrN2/c1-4-16-9-12(2)10-17(3)11-13-5-7-14(15)8-6-13/h5-8,12,16H,4,9-11H2,1-3H3. The summed E-state index contributed by atoms with van der Waals surface area (Å²) in [6.07, 6.45) is 0. The minimum absolute atomic E-state index is 0.690. The maximum Gasteiger partial charge on any atom is 0.0230 e. The van der Waals surface area contributed by atoms with Gasteiger partial charge in [-0.25, -0.2) is 0 Å². The Morgan fingerprint density at radius 1 is 1.29 bits per heavy atom. The highest BCUT2D eigenvalue weighted by molar-refractivity contribution is 9.10. The molecule has 0 saturated heterocycles. The third-order valence-corrected chi connectivity index (χ3v) is 3.26. The van der Waals surface area contributed by atoms with E-state index >= 15 is 0 Å². The van der Waals surface area contributed by atoms with Gasteiger partial charge in [-0.05, 0) is 43.8 Å². The average Bonchev–Trinajstić information content (AvgIpc) is 2.29. The first-order valence-corrected chi connectivity index (χ1v) is 7.04. The minimum Gasteiger partial charge on any atom is -0.317 e. The first-order chi connectivity index (χ1) is 8.11. The summed E-state index contributed by atoms with van der Waals surface area (Å²) in [7, 11) is 2.19. The molecule has 96 valence electrons. The Labute approximate surface area is 114 Å². The average molecular weight is 299 g/mol. The maximum atomic E-state index is 3.46. The van der Waals surface area contributed by atoms with Gasteiger partial charge in [0, 0.05) is 17.6 Å². The third kappa shape index (κ3) is 6.20. The van der Waals surface area contributed by atoms with Crippen LogP contribution in [0.3, 0.4) is 0 Å². The molecule has 0 amide bonds. The fraction of sp³-hybridized carbons (Fsp3) is 0.571. The van der Waals surface area contributed by atoms with Gasteiger partial charge in [0.25, 0.3) is 0 Å². The molecule has 2 nitrogen and oxygen atoms in total. The van der Waals surface area contributed by atoms with Crippen LogP contribution < -0.4 is 5.32 Å². The van der Waals surface area contributed by atoms with Gasteiger partial charge in [-0.1, -0.05) is 41.9 Å². The summed E-state index contributed by atoms with van der Waals surface area (Å²) in [6.45, 7) is 8.74. The van der Waals surface area contributed by atoms with Crippen molar-refractivity contribution in [2.45, 2.75) is 20.4 Å². The van der Waals surface area contributed by atoms with Gasteiger partial charge in [-0.3, -0.25) is 0 Å². The molecule has 0 heterocycles. The summed E-state index contributed by atoms with van der Waals surface area (Å²) in [4.78, 5) is 2.38. The van der Waals surface area contributed by atoms with Gasteiger partial charge < -0.3 is 10.2 Å². The lowest BCUT2D eigenvalue weighted by atomic mass is 10.1. The van der Waals surface area contributed by atoms with Crippen molar-refractivity contribution in [3.8, 4) is 0 Å². The van der Waals surface area contributed by atoms with Gasteiger partial charge in [0.1, 0.15) is 0 Å². The highest BCUT2D eigenvalue weighted by Crippen LogP contribution is 2.12. The van der Waals surface area contributed by atoms with E-state index in [1.807, 2.05) is 0 Å². The molecule has 1 atom stereocenters. The van der Waals surface area contributed by atoms with Gasteiger partial charge in [-0.15, -0.1) is 0 Å². The van der Waals surface area contributed by atoms with Crippen LogP contribution in [0, 0.1) is 5.92 Å². The maximum absolute atomic E-state index is 3.46. The third-order valence-electron chi connectivity index (χ3n) is 2.73. The van der Waals surface area contributed by atoms with Gasteiger partial charge in [0.2, 0.25) is 0 Å². The predicted octanol–water partition coefficient (Wildman–Crippen LogP) is 3.13. The first kappa shape index (κ1) is 14.7. The van der Waals surface area contributed by atoms with Crippen LogP contribution in [0.15, 0.2) is 28.7 Å². The Balaban J connectivity index is 2.33. The van der Waals surface area contributed by atoms with E-state index in [0.717, 1.165) is 30.7 Å². The molecule has 0 aromatic heterocycles. The number of nitrogens with one attached hydrogen (secondary N) is 1. The van der Waals surface area contributed by atoms with Crippen molar-refractivity contribution in [2.24, 2.45) is 5.92 Å². The molecule has 0 aliphatic carbocycles. The van der Waals surface area contributed by atoms with Crippen LogP contribution in [0.2, 0.25) is 0 Å². The zero-order valence-electron chi connectivity index (χ0n) is 11.0. The molecule has 0 spiro atoms. The Morgan fingerprint density at radius 2 is 1.94 bits per heavy atom. The summed E-state index contributed by atoms with van der Waals surface area (Å²) < 4.78 is 1.14. The lowest BCUT2D eigenvalue weighted by Gasteiger charge is -2.21. The van der Waals surface area contributed by atoms with Gasteiger partial charge >= 0.3 is 0 Å². The second kappa shape index (κ2) is 7.85. The molecule has 1 aromatic rings. The molecule has 17 heavy (non-hydrogen) atoms. The fourth-order valence-corrected chi connectivity index (χ4v) is 2.22. The van der Waals surface area contributed by atoms with E-state index in [9.17, 15) is 0 Å². The largest absolute Gasteiger partial charge is 0.317 e. The van der Waals surface area contributed by atoms with Crippen molar-refractivity contribution in [3.05, 3.63) is 34.3 Å². The quantitative estimate of drug-likeness (QED) is 0.832. The monoisotopic (exact) mass is 298 g/mol. The van der Waals surface area contributed by atoms with Crippen molar-refractivity contribution in [3.63, 3.8) is 0 Å². The molecule has 3 heteroatoms. The second-order valence-electron chi connectivity index (χ2n) is 4.74. The van der Waals surface area contributed by atoms with E-state index in [0.29, 0.717) is 5.92 Å². The van der Waals surface area contributed by atoms with Crippen LogP contribution in [0.4, 0.5) is 0 Å². The van der Waals surface area contributed by atoms with Gasteiger partial charge in [-0.2, -0.15) is 0 Å². The topological polar surface area (TPSA) is 15.3 Å². The summed E-state index contributed by atoms with van der Waals surface area (Å²) in [5, 5.41) is 3.39. The van der Waals surface area contributed by atoms with E-state index in [1.165, 1.54) is 5.56 Å². The van der Waals surface area contributed by atoms with E-state index in [2.05, 4.69) is 71.3 Å². The molecule has 0 radical (unpaired) electrons. The molecule has 1 rings (SSSR count). The van der Waals surface area contributed by atoms with Crippen molar-refractivity contribution < 1.29 is 0 Å². The van der Waals surface area contributed by atoms with E-state index in [-0.39, 0.29) is 0 Å². The van der Waals surface area contributed by atoms with Crippen LogP contribution in [0.5, 0.6) is 0 Å². The second-order valence-corrected chi connectivity index (χ2v) is 5.65. The summed E-state index contributed by atoms with van der Waals surface area (Å²) in [5.41, 5.74) is 1.37. The number of halogens is 1. The highest BCUT2D eigenvalue weighted by atomic mass is 79.9. The van der Waals surface area contributed by atoms with E-state index < -0.39 is 0 Å². The molecule has 1 aromatic carbocycles. The summed E-state index contributed by atoms with van der Waals surface area (Å²) in [5.74, 6) is 0.690. The SMILES string of the molecule is CCNCC(C)CN(C)Cc1ccc(Br)cc1. The van der Waals surface area contributed by atoms with Crippen LogP contribution >= 0.6 is 15.9 Å². The number of hydrogen-bond acceptors (Lipinski definition) is 2. The molecule has 0 aliphatic heterocycles. The highest BCUT2D eigenvalue weighted by Gasteiger charge is 2.06. The molecular formula is C14H23BrN2. The molecule has 1 unspecified atom stereocenters. The van der Waals surface area contributed by atoms with E-state index in [1.54, 1.807) is 0 Å². The number of nitrogens with zero attached hydrogens (tertiary/aromatic N) is 1. The normalized spacial score (nSPS) is 13.0. The number of rotatable bonds is 7. The number of benzene rings is 1. The Kier molecular flexibility index (Phi) is 6.78. The predicted molar refractivity (Wildman–Crippen MR) is 78.2 cm³/mol. The van der Waals surface area contributed by atoms with Gasteiger partial charge in [0.05, 0.1) is 0 Å². The molecule has 0 fully saturated rings. The lowest BCUT2D eigenvalue weighted by molar-refractivity contribution is 0.275. The van der Waals surface area contributed by atoms with Crippen LogP contribution in [-0.4, -0.2) is 31.6 Å².